The minimum absolute atomic E-state index is 0.114. The van der Waals surface area contributed by atoms with Crippen molar-refractivity contribution in [2.24, 2.45) is 0 Å². The molecule has 6 rings (SSSR count). The Morgan fingerprint density at radius 3 is 2.56 bits per heavy atom. The van der Waals surface area contributed by atoms with Gasteiger partial charge in [0, 0.05) is 46.7 Å². The maximum Gasteiger partial charge on any atom is 0.258 e. The van der Waals surface area contributed by atoms with Crippen LogP contribution in [0.5, 0.6) is 5.75 Å². The molecule has 1 aliphatic rings. The van der Waals surface area contributed by atoms with Crippen molar-refractivity contribution >= 4 is 38.4 Å². The van der Waals surface area contributed by atoms with Crippen LogP contribution < -0.4 is 15.2 Å². The summed E-state index contributed by atoms with van der Waals surface area (Å²) >= 11 is 0. The van der Waals surface area contributed by atoms with Crippen molar-refractivity contribution in [3.05, 3.63) is 64.6 Å². The van der Waals surface area contributed by atoms with Crippen LogP contribution in [0.25, 0.3) is 44.0 Å². The van der Waals surface area contributed by atoms with Gasteiger partial charge in [0.15, 0.2) is 0 Å². The van der Waals surface area contributed by atoms with Crippen molar-refractivity contribution in [1.29, 1.82) is 0 Å². The summed E-state index contributed by atoms with van der Waals surface area (Å²) in [6.45, 7) is 6.77. The number of piperidine rings is 1. The Hall–Kier alpha value is -3.80. The zero-order valence-corrected chi connectivity index (χ0v) is 19.6. The van der Waals surface area contributed by atoms with Crippen molar-refractivity contribution < 1.29 is 4.74 Å². The van der Waals surface area contributed by atoms with Crippen molar-refractivity contribution in [3.8, 4) is 17.0 Å². The Bertz CT molecular complexity index is 1570. The van der Waals surface area contributed by atoms with Gasteiger partial charge in [-0.3, -0.25) is 4.79 Å². The van der Waals surface area contributed by atoms with Gasteiger partial charge in [0.2, 0.25) is 0 Å². The molecule has 5 aromatic rings. The molecule has 1 saturated heterocycles. The highest BCUT2D eigenvalue weighted by atomic mass is 16.5. The summed E-state index contributed by atoms with van der Waals surface area (Å²) in [7, 11) is 0. The van der Waals surface area contributed by atoms with E-state index in [2.05, 4.69) is 40.0 Å². The number of benzene rings is 2. The summed E-state index contributed by atoms with van der Waals surface area (Å²) in [5.74, 6) is 0.803. The zero-order valence-electron chi connectivity index (χ0n) is 19.6. The van der Waals surface area contributed by atoms with Gasteiger partial charge in [0.1, 0.15) is 11.4 Å². The molecule has 0 amide bonds. The number of aryl methyl sites for hydroxylation is 1. The molecule has 0 spiro atoms. The summed E-state index contributed by atoms with van der Waals surface area (Å²) in [4.78, 5) is 27.4. The van der Waals surface area contributed by atoms with Crippen LogP contribution in [0.15, 0.2) is 53.5 Å². The summed E-state index contributed by atoms with van der Waals surface area (Å²) in [5, 5.41) is 3.62. The number of fused-ring (bicyclic) bond motifs is 5. The topological polar surface area (TPSA) is 74.0 Å². The first-order chi connectivity index (χ1) is 16.6. The lowest BCUT2D eigenvalue weighted by Gasteiger charge is -2.29. The Morgan fingerprint density at radius 2 is 1.79 bits per heavy atom. The van der Waals surface area contributed by atoms with Crippen LogP contribution in [0.3, 0.4) is 0 Å². The van der Waals surface area contributed by atoms with E-state index in [1.807, 2.05) is 37.4 Å². The Balaban J connectivity index is 1.63. The number of rotatable bonds is 4. The molecule has 172 valence electrons. The average Bonchev–Trinajstić information content (AvgIpc) is 3.25. The SMILES string of the molecule is CCOc1ccc(-c2nc3[nH]cc(C)c3c3c2c(=O)[nH]c2cc(N4CCCCC4)ccc23)cc1. The molecule has 1 fully saturated rings. The molecule has 0 saturated carbocycles. The van der Waals surface area contributed by atoms with E-state index >= 15 is 0 Å². The van der Waals surface area contributed by atoms with E-state index in [9.17, 15) is 4.79 Å². The van der Waals surface area contributed by atoms with Crippen LogP contribution in [0.4, 0.5) is 5.69 Å². The number of pyridine rings is 2. The molecule has 1 aliphatic heterocycles. The monoisotopic (exact) mass is 452 g/mol. The number of aromatic amines is 2. The molecule has 0 atom stereocenters. The molecule has 4 heterocycles. The van der Waals surface area contributed by atoms with Gasteiger partial charge in [-0.1, -0.05) is 6.07 Å². The third-order valence-electron chi connectivity index (χ3n) is 6.92. The first kappa shape index (κ1) is 20.8. The minimum Gasteiger partial charge on any atom is -0.494 e. The first-order valence-electron chi connectivity index (χ1n) is 12.1. The lowest BCUT2D eigenvalue weighted by molar-refractivity contribution is 0.340. The van der Waals surface area contributed by atoms with E-state index in [4.69, 9.17) is 9.72 Å². The van der Waals surface area contributed by atoms with Gasteiger partial charge in [0.25, 0.3) is 5.56 Å². The molecule has 0 aliphatic carbocycles. The Labute approximate surface area is 197 Å². The van der Waals surface area contributed by atoms with Gasteiger partial charge in [-0.15, -0.1) is 0 Å². The van der Waals surface area contributed by atoms with Crippen molar-refractivity contribution in [2.45, 2.75) is 33.1 Å². The predicted octanol–water partition coefficient (Wildman–Crippen LogP) is 5.92. The number of aromatic nitrogens is 3. The second kappa shape index (κ2) is 8.20. The summed E-state index contributed by atoms with van der Waals surface area (Å²) in [6, 6.07) is 14.3. The van der Waals surface area contributed by atoms with E-state index in [1.54, 1.807) is 0 Å². The van der Waals surface area contributed by atoms with Gasteiger partial charge < -0.3 is 19.6 Å². The van der Waals surface area contributed by atoms with E-state index in [0.29, 0.717) is 17.7 Å². The molecule has 0 unspecified atom stereocenters. The Kier molecular flexibility index (Phi) is 5.01. The smallest absolute Gasteiger partial charge is 0.258 e. The number of ether oxygens (including phenoxy) is 1. The predicted molar refractivity (Wildman–Crippen MR) is 139 cm³/mol. The van der Waals surface area contributed by atoms with Crippen molar-refractivity contribution in [1.82, 2.24) is 15.0 Å². The molecular formula is C28H28N4O2. The van der Waals surface area contributed by atoms with Crippen LogP contribution in [0, 0.1) is 6.92 Å². The van der Waals surface area contributed by atoms with Gasteiger partial charge in [-0.2, -0.15) is 0 Å². The second-order valence-electron chi connectivity index (χ2n) is 9.09. The molecule has 3 aromatic heterocycles. The Morgan fingerprint density at radius 1 is 1.00 bits per heavy atom. The number of hydrogen-bond donors (Lipinski definition) is 2. The maximum atomic E-state index is 13.6. The molecule has 0 radical (unpaired) electrons. The number of nitrogens with zero attached hydrogens (tertiary/aromatic N) is 2. The standard InChI is InChI=1S/C28H28N4O2/c1-3-34-20-10-7-18(8-11-20)26-25-24(23-17(2)16-29-27(23)31-26)21-12-9-19(15-22(21)30-28(25)33)32-13-5-4-6-14-32/h7-12,15-16H,3-6,13-14H2,1-2H3,(H,29,31)(H,30,33). The minimum atomic E-state index is -0.114. The van der Waals surface area contributed by atoms with Gasteiger partial charge >= 0.3 is 0 Å². The highest BCUT2D eigenvalue weighted by Gasteiger charge is 2.20. The number of hydrogen-bond acceptors (Lipinski definition) is 4. The van der Waals surface area contributed by atoms with Crippen LogP contribution >= 0.6 is 0 Å². The number of anilines is 1. The van der Waals surface area contributed by atoms with Crippen LogP contribution in [-0.2, 0) is 0 Å². The summed E-state index contributed by atoms with van der Waals surface area (Å²) in [5.41, 5.74) is 5.36. The third-order valence-corrected chi connectivity index (χ3v) is 6.92. The maximum absolute atomic E-state index is 13.6. The van der Waals surface area contributed by atoms with E-state index in [-0.39, 0.29) is 5.56 Å². The summed E-state index contributed by atoms with van der Waals surface area (Å²) in [6.07, 6.45) is 5.69. The molecule has 34 heavy (non-hydrogen) atoms. The normalized spacial score (nSPS) is 14.4. The van der Waals surface area contributed by atoms with Gasteiger partial charge in [0.05, 0.1) is 23.2 Å². The molecule has 2 aromatic carbocycles. The lowest BCUT2D eigenvalue weighted by atomic mass is 9.98. The first-order valence-corrected chi connectivity index (χ1v) is 12.1. The second-order valence-corrected chi connectivity index (χ2v) is 9.09. The molecule has 2 N–H and O–H groups in total. The lowest BCUT2D eigenvalue weighted by Crippen LogP contribution is -2.29. The molecule has 6 nitrogen and oxygen atoms in total. The summed E-state index contributed by atoms with van der Waals surface area (Å²) < 4.78 is 5.60. The van der Waals surface area contributed by atoms with Gasteiger partial charge in [-0.25, -0.2) is 4.98 Å². The van der Waals surface area contributed by atoms with Crippen LogP contribution in [-0.4, -0.2) is 34.6 Å². The molecule has 0 bridgehead atoms. The quantitative estimate of drug-likeness (QED) is 0.332. The van der Waals surface area contributed by atoms with E-state index in [1.165, 1.54) is 24.9 Å². The highest BCUT2D eigenvalue weighted by molar-refractivity contribution is 6.22. The highest BCUT2D eigenvalue weighted by Crippen LogP contribution is 2.37. The molecular weight excluding hydrogens is 424 g/mol. The fraction of sp³-hybridized carbons (Fsp3) is 0.286. The van der Waals surface area contributed by atoms with Crippen molar-refractivity contribution in [3.63, 3.8) is 0 Å². The fourth-order valence-electron chi connectivity index (χ4n) is 5.28. The van der Waals surface area contributed by atoms with E-state index < -0.39 is 0 Å². The van der Waals surface area contributed by atoms with E-state index in [0.717, 1.165) is 57.3 Å². The number of H-pyrrole nitrogens is 2. The molecule has 6 heteroatoms. The fourth-order valence-corrected chi connectivity index (χ4v) is 5.28. The van der Waals surface area contributed by atoms with Crippen LogP contribution in [0.1, 0.15) is 31.7 Å². The van der Waals surface area contributed by atoms with Gasteiger partial charge in [-0.05, 0) is 75.1 Å². The largest absolute Gasteiger partial charge is 0.494 e. The third kappa shape index (κ3) is 3.33. The van der Waals surface area contributed by atoms with Crippen LogP contribution in [0.2, 0.25) is 0 Å². The zero-order chi connectivity index (χ0) is 23.2. The number of nitrogens with one attached hydrogen (secondary N) is 2. The van der Waals surface area contributed by atoms with Crippen molar-refractivity contribution in [2.75, 3.05) is 24.6 Å². The average molecular weight is 453 g/mol.